The van der Waals surface area contributed by atoms with Crippen molar-refractivity contribution in [1.82, 2.24) is 5.32 Å². The average Bonchev–Trinajstić information content (AvgIpc) is 2.22. The van der Waals surface area contributed by atoms with Gasteiger partial charge in [-0.15, -0.1) is 0 Å². The number of carbonyl (C=O) groups excluding carboxylic acids is 1. The van der Waals surface area contributed by atoms with E-state index < -0.39 is 0 Å². The van der Waals surface area contributed by atoms with Crippen LogP contribution in [0.5, 0.6) is 0 Å². The highest BCUT2D eigenvalue weighted by Gasteiger charge is 2.06. The fourth-order valence-electron chi connectivity index (χ4n) is 1.12. The van der Waals surface area contributed by atoms with Crippen molar-refractivity contribution >= 4 is 29.1 Å². The van der Waals surface area contributed by atoms with E-state index in [0.29, 0.717) is 28.7 Å². The van der Waals surface area contributed by atoms with Crippen LogP contribution in [0, 0.1) is 0 Å². The van der Waals surface area contributed by atoms with Gasteiger partial charge in [0, 0.05) is 28.7 Å². The van der Waals surface area contributed by atoms with E-state index >= 15 is 0 Å². The molecular formula is C11H12Cl2N2O. The van der Waals surface area contributed by atoms with Crippen LogP contribution in [-0.2, 0) is 0 Å². The summed E-state index contributed by atoms with van der Waals surface area (Å²) in [5.74, 6) is -0.217. The first-order chi connectivity index (χ1) is 7.63. The Kier molecular flexibility index (Phi) is 5.32. The Morgan fingerprint density at radius 2 is 1.88 bits per heavy atom. The number of carbonyl (C=O) groups is 1. The van der Waals surface area contributed by atoms with Gasteiger partial charge in [0.2, 0.25) is 0 Å². The normalized spacial score (nSPS) is 10.7. The minimum absolute atomic E-state index is 0.217. The van der Waals surface area contributed by atoms with E-state index in [-0.39, 0.29) is 5.91 Å². The molecule has 0 aliphatic heterocycles. The number of nitrogens with one attached hydrogen (secondary N) is 1. The van der Waals surface area contributed by atoms with Crippen LogP contribution in [0.15, 0.2) is 30.4 Å². The van der Waals surface area contributed by atoms with E-state index in [1.165, 1.54) is 0 Å². The van der Waals surface area contributed by atoms with Crippen molar-refractivity contribution in [3.63, 3.8) is 0 Å². The van der Waals surface area contributed by atoms with Gasteiger partial charge in [-0.05, 0) is 18.2 Å². The van der Waals surface area contributed by atoms with Gasteiger partial charge in [-0.1, -0.05) is 35.4 Å². The van der Waals surface area contributed by atoms with Gasteiger partial charge in [0.25, 0.3) is 5.91 Å². The largest absolute Gasteiger partial charge is 0.349 e. The third-order valence-electron chi connectivity index (χ3n) is 1.81. The summed E-state index contributed by atoms with van der Waals surface area (Å²) in [5, 5.41) is 3.57. The Morgan fingerprint density at radius 1 is 1.25 bits per heavy atom. The van der Waals surface area contributed by atoms with Gasteiger partial charge in [0.15, 0.2) is 0 Å². The molecule has 0 aliphatic rings. The van der Waals surface area contributed by atoms with Crippen LogP contribution in [0.3, 0.4) is 0 Å². The maximum absolute atomic E-state index is 11.6. The molecule has 0 unspecified atom stereocenters. The number of hydrogen-bond acceptors (Lipinski definition) is 2. The molecule has 0 aromatic heterocycles. The molecule has 5 heteroatoms. The van der Waals surface area contributed by atoms with Crippen LogP contribution >= 0.6 is 23.2 Å². The smallest absolute Gasteiger partial charge is 0.251 e. The number of rotatable bonds is 4. The summed E-state index contributed by atoms with van der Waals surface area (Å²) in [4.78, 5) is 11.6. The van der Waals surface area contributed by atoms with Crippen LogP contribution in [-0.4, -0.2) is 19.0 Å². The van der Waals surface area contributed by atoms with Crippen molar-refractivity contribution in [1.29, 1.82) is 0 Å². The van der Waals surface area contributed by atoms with Crippen molar-refractivity contribution in [3.05, 3.63) is 46.0 Å². The zero-order valence-electron chi connectivity index (χ0n) is 8.54. The fourth-order valence-corrected chi connectivity index (χ4v) is 1.64. The first-order valence-electron chi connectivity index (χ1n) is 4.73. The van der Waals surface area contributed by atoms with E-state index in [1.807, 2.05) is 0 Å². The monoisotopic (exact) mass is 258 g/mol. The van der Waals surface area contributed by atoms with Gasteiger partial charge >= 0.3 is 0 Å². The molecule has 0 spiro atoms. The summed E-state index contributed by atoms with van der Waals surface area (Å²) in [5.41, 5.74) is 5.71. The average molecular weight is 259 g/mol. The SMILES string of the molecule is NC/C=C/CNC(=O)c1cc(Cl)cc(Cl)c1. The molecule has 0 saturated heterocycles. The predicted molar refractivity (Wildman–Crippen MR) is 67.0 cm³/mol. The number of hydrogen-bond donors (Lipinski definition) is 2. The lowest BCUT2D eigenvalue weighted by Crippen LogP contribution is -2.23. The first kappa shape index (κ1) is 13.0. The summed E-state index contributed by atoms with van der Waals surface area (Å²) < 4.78 is 0. The van der Waals surface area contributed by atoms with Crippen molar-refractivity contribution in [3.8, 4) is 0 Å². The Hall–Kier alpha value is -1.03. The molecule has 1 aromatic rings. The zero-order chi connectivity index (χ0) is 12.0. The van der Waals surface area contributed by atoms with Gasteiger partial charge in [-0.2, -0.15) is 0 Å². The molecule has 0 radical (unpaired) electrons. The Morgan fingerprint density at radius 3 is 2.44 bits per heavy atom. The lowest BCUT2D eigenvalue weighted by molar-refractivity contribution is 0.0958. The minimum Gasteiger partial charge on any atom is -0.349 e. The molecule has 16 heavy (non-hydrogen) atoms. The topological polar surface area (TPSA) is 55.1 Å². The van der Waals surface area contributed by atoms with Gasteiger partial charge in [-0.3, -0.25) is 4.79 Å². The second-order valence-electron chi connectivity index (χ2n) is 3.08. The molecule has 1 aromatic carbocycles. The summed E-state index contributed by atoms with van der Waals surface area (Å²) in [6.07, 6.45) is 3.55. The van der Waals surface area contributed by atoms with Crippen LogP contribution in [0.4, 0.5) is 0 Å². The molecule has 1 rings (SSSR count). The third kappa shape index (κ3) is 4.23. The maximum atomic E-state index is 11.6. The number of benzene rings is 1. The molecule has 1 amide bonds. The molecular weight excluding hydrogens is 247 g/mol. The Balaban J connectivity index is 2.62. The molecule has 3 nitrogen and oxygen atoms in total. The van der Waals surface area contributed by atoms with Gasteiger partial charge in [-0.25, -0.2) is 0 Å². The van der Waals surface area contributed by atoms with E-state index in [9.17, 15) is 4.79 Å². The molecule has 86 valence electrons. The van der Waals surface area contributed by atoms with Crippen LogP contribution in [0.2, 0.25) is 10.0 Å². The summed E-state index contributed by atoms with van der Waals surface area (Å²) >= 11 is 11.6. The van der Waals surface area contributed by atoms with Crippen LogP contribution in [0.1, 0.15) is 10.4 Å². The second kappa shape index (κ2) is 6.53. The Bertz CT molecular complexity index is 385. The number of amides is 1. The van der Waals surface area contributed by atoms with Crippen LogP contribution in [0.25, 0.3) is 0 Å². The van der Waals surface area contributed by atoms with Crippen molar-refractivity contribution < 1.29 is 4.79 Å². The number of nitrogens with two attached hydrogens (primary N) is 1. The summed E-state index contributed by atoms with van der Waals surface area (Å²) in [6.45, 7) is 0.888. The summed E-state index contributed by atoms with van der Waals surface area (Å²) in [6, 6.07) is 4.71. The lowest BCUT2D eigenvalue weighted by Gasteiger charge is -2.03. The molecule has 0 saturated carbocycles. The van der Waals surface area contributed by atoms with E-state index in [1.54, 1.807) is 30.4 Å². The zero-order valence-corrected chi connectivity index (χ0v) is 10.1. The third-order valence-corrected chi connectivity index (χ3v) is 2.24. The number of halogens is 2. The van der Waals surface area contributed by atoms with E-state index in [4.69, 9.17) is 28.9 Å². The molecule has 0 bridgehead atoms. The highest BCUT2D eigenvalue weighted by molar-refractivity contribution is 6.35. The molecule has 0 heterocycles. The van der Waals surface area contributed by atoms with Crippen LogP contribution < -0.4 is 11.1 Å². The molecule has 0 atom stereocenters. The van der Waals surface area contributed by atoms with E-state index in [0.717, 1.165) is 0 Å². The van der Waals surface area contributed by atoms with Gasteiger partial charge in [0.1, 0.15) is 0 Å². The first-order valence-corrected chi connectivity index (χ1v) is 5.48. The van der Waals surface area contributed by atoms with Crippen molar-refractivity contribution in [2.75, 3.05) is 13.1 Å². The second-order valence-corrected chi connectivity index (χ2v) is 3.95. The fraction of sp³-hybridized carbons (Fsp3) is 0.182. The highest BCUT2D eigenvalue weighted by Crippen LogP contribution is 2.18. The summed E-state index contributed by atoms with van der Waals surface area (Å²) in [7, 11) is 0. The highest BCUT2D eigenvalue weighted by atomic mass is 35.5. The van der Waals surface area contributed by atoms with Crippen molar-refractivity contribution in [2.24, 2.45) is 5.73 Å². The molecule has 0 fully saturated rings. The van der Waals surface area contributed by atoms with Gasteiger partial charge < -0.3 is 11.1 Å². The maximum Gasteiger partial charge on any atom is 0.251 e. The van der Waals surface area contributed by atoms with E-state index in [2.05, 4.69) is 5.32 Å². The minimum atomic E-state index is -0.217. The molecule has 3 N–H and O–H groups in total. The van der Waals surface area contributed by atoms with Crippen molar-refractivity contribution in [2.45, 2.75) is 0 Å². The predicted octanol–water partition coefficient (Wildman–Crippen LogP) is 2.24. The van der Waals surface area contributed by atoms with Gasteiger partial charge in [0.05, 0.1) is 0 Å². The molecule has 0 aliphatic carbocycles. The lowest BCUT2D eigenvalue weighted by atomic mass is 10.2. The quantitative estimate of drug-likeness (QED) is 0.815. The standard InChI is InChI=1S/C11H12Cl2N2O/c12-9-5-8(6-10(13)7-9)11(16)15-4-2-1-3-14/h1-2,5-7H,3-4,14H2,(H,15,16)/b2-1+. The Labute approximate surface area is 104 Å².